The number of hydrogen-bond donors (Lipinski definition) is 1. The molecule has 2 unspecified atom stereocenters. The molecule has 1 heterocycles. The molecule has 3 heteroatoms. The number of rotatable bonds is 6. The van der Waals surface area contributed by atoms with E-state index in [1.54, 1.807) is 0 Å². The van der Waals surface area contributed by atoms with Gasteiger partial charge in [0, 0.05) is 18.5 Å². The van der Waals surface area contributed by atoms with Crippen molar-refractivity contribution in [3.05, 3.63) is 0 Å². The first-order valence-electron chi connectivity index (χ1n) is 5.25. The summed E-state index contributed by atoms with van der Waals surface area (Å²) in [6, 6.07) is 0. The van der Waals surface area contributed by atoms with Gasteiger partial charge in [0.25, 0.3) is 0 Å². The molecule has 2 atom stereocenters. The van der Waals surface area contributed by atoms with E-state index in [4.69, 9.17) is 16.3 Å². The molecule has 1 fully saturated rings. The van der Waals surface area contributed by atoms with Crippen LogP contribution in [0.25, 0.3) is 0 Å². The highest BCUT2D eigenvalue weighted by Gasteiger charge is 2.13. The lowest BCUT2D eigenvalue weighted by atomic mass is 10.2. The second-order valence-corrected chi connectivity index (χ2v) is 4.51. The summed E-state index contributed by atoms with van der Waals surface area (Å²) in [7, 11) is 0. The molecule has 1 aliphatic heterocycles. The first-order chi connectivity index (χ1) is 6.29. The van der Waals surface area contributed by atoms with Crippen LogP contribution >= 0.6 is 11.6 Å². The van der Waals surface area contributed by atoms with Crippen LogP contribution in [0, 0.1) is 0 Å². The van der Waals surface area contributed by atoms with Gasteiger partial charge >= 0.3 is 0 Å². The molecule has 0 radical (unpaired) electrons. The highest BCUT2D eigenvalue weighted by molar-refractivity contribution is 6.20. The summed E-state index contributed by atoms with van der Waals surface area (Å²) in [5.74, 6) is 0. The lowest BCUT2D eigenvalue weighted by Gasteiger charge is -2.10. The molecule has 1 rings (SSSR count). The summed E-state index contributed by atoms with van der Waals surface area (Å²) >= 11 is 5.83. The Bertz CT molecular complexity index is 124. The average molecular weight is 206 g/mol. The quantitative estimate of drug-likeness (QED) is 0.530. The average Bonchev–Trinajstić information content (AvgIpc) is 2.55. The van der Waals surface area contributed by atoms with Gasteiger partial charge in [0.15, 0.2) is 0 Å². The van der Waals surface area contributed by atoms with Crippen LogP contribution in [0.4, 0.5) is 0 Å². The van der Waals surface area contributed by atoms with E-state index in [1.165, 1.54) is 12.8 Å². The van der Waals surface area contributed by atoms with Crippen molar-refractivity contribution in [2.24, 2.45) is 0 Å². The summed E-state index contributed by atoms with van der Waals surface area (Å²) in [6.45, 7) is 5.07. The number of hydrogen-bond acceptors (Lipinski definition) is 2. The van der Waals surface area contributed by atoms with Crippen molar-refractivity contribution in [1.82, 2.24) is 5.32 Å². The second-order valence-electron chi connectivity index (χ2n) is 3.76. The number of alkyl halides is 1. The van der Waals surface area contributed by atoms with E-state index in [0.29, 0.717) is 11.5 Å². The largest absolute Gasteiger partial charge is 0.377 e. The van der Waals surface area contributed by atoms with Crippen LogP contribution in [-0.4, -0.2) is 31.2 Å². The SMILES string of the molecule is CC(Cl)CCCNCC1CCCO1. The lowest BCUT2D eigenvalue weighted by Crippen LogP contribution is -2.27. The number of halogens is 1. The predicted molar refractivity (Wildman–Crippen MR) is 56.4 cm³/mol. The van der Waals surface area contributed by atoms with Crippen LogP contribution in [0.3, 0.4) is 0 Å². The Kier molecular flexibility index (Phi) is 5.76. The maximum atomic E-state index is 5.83. The standard InChI is InChI=1S/C10H20ClNO/c1-9(11)4-2-6-12-8-10-5-3-7-13-10/h9-10,12H,2-8H2,1H3. The van der Waals surface area contributed by atoms with Crippen LogP contribution in [0.5, 0.6) is 0 Å². The van der Waals surface area contributed by atoms with E-state index in [0.717, 1.165) is 32.5 Å². The monoisotopic (exact) mass is 205 g/mol. The Labute approximate surface area is 86.0 Å². The number of ether oxygens (including phenoxy) is 1. The molecule has 0 aliphatic carbocycles. The minimum Gasteiger partial charge on any atom is -0.377 e. The minimum atomic E-state index is 0.310. The first kappa shape index (κ1) is 11.3. The molecule has 0 aromatic rings. The predicted octanol–water partition coefficient (Wildman–Crippen LogP) is 2.16. The number of nitrogens with one attached hydrogen (secondary N) is 1. The van der Waals surface area contributed by atoms with Gasteiger partial charge in [-0.1, -0.05) is 0 Å². The van der Waals surface area contributed by atoms with Crippen molar-refractivity contribution in [2.45, 2.75) is 44.1 Å². The van der Waals surface area contributed by atoms with E-state index in [9.17, 15) is 0 Å². The topological polar surface area (TPSA) is 21.3 Å². The van der Waals surface area contributed by atoms with Gasteiger partial charge in [-0.15, -0.1) is 11.6 Å². The molecule has 0 bridgehead atoms. The molecule has 0 amide bonds. The highest BCUT2D eigenvalue weighted by atomic mass is 35.5. The van der Waals surface area contributed by atoms with E-state index in [2.05, 4.69) is 5.32 Å². The first-order valence-corrected chi connectivity index (χ1v) is 5.69. The third-order valence-corrected chi connectivity index (χ3v) is 2.57. The Morgan fingerprint density at radius 1 is 1.62 bits per heavy atom. The molecule has 0 saturated carbocycles. The van der Waals surface area contributed by atoms with E-state index < -0.39 is 0 Å². The zero-order chi connectivity index (χ0) is 9.52. The van der Waals surface area contributed by atoms with Gasteiger partial charge in [0.1, 0.15) is 0 Å². The zero-order valence-electron chi connectivity index (χ0n) is 8.39. The smallest absolute Gasteiger partial charge is 0.0700 e. The van der Waals surface area contributed by atoms with Gasteiger partial charge in [0.2, 0.25) is 0 Å². The van der Waals surface area contributed by atoms with Crippen molar-refractivity contribution in [3.63, 3.8) is 0 Å². The van der Waals surface area contributed by atoms with E-state index in [1.807, 2.05) is 6.92 Å². The molecule has 1 saturated heterocycles. The van der Waals surface area contributed by atoms with Crippen LogP contribution in [0.2, 0.25) is 0 Å². The lowest BCUT2D eigenvalue weighted by molar-refractivity contribution is 0.110. The molecule has 0 aromatic carbocycles. The van der Waals surface area contributed by atoms with Gasteiger partial charge in [-0.3, -0.25) is 0 Å². The van der Waals surface area contributed by atoms with Gasteiger partial charge in [0.05, 0.1) is 6.10 Å². The van der Waals surface area contributed by atoms with Crippen molar-refractivity contribution in [3.8, 4) is 0 Å². The fraction of sp³-hybridized carbons (Fsp3) is 1.00. The van der Waals surface area contributed by atoms with Crippen LogP contribution in [-0.2, 0) is 4.74 Å². The molecule has 78 valence electrons. The molecular weight excluding hydrogens is 186 g/mol. The van der Waals surface area contributed by atoms with Gasteiger partial charge in [-0.05, 0) is 39.2 Å². The van der Waals surface area contributed by atoms with E-state index in [-0.39, 0.29) is 0 Å². The Balaban J connectivity index is 1.83. The van der Waals surface area contributed by atoms with Crippen LogP contribution < -0.4 is 5.32 Å². The Hall–Kier alpha value is 0.210. The van der Waals surface area contributed by atoms with Gasteiger partial charge in [-0.25, -0.2) is 0 Å². The van der Waals surface area contributed by atoms with Crippen molar-refractivity contribution in [2.75, 3.05) is 19.7 Å². The van der Waals surface area contributed by atoms with Gasteiger partial charge < -0.3 is 10.1 Å². The molecule has 0 spiro atoms. The third kappa shape index (κ3) is 5.50. The van der Waals surface area contributed by atoms with Crippen molar-refractivity contribution >= 4 is 11.6 Å². The van der Waals surface area contributed by atoms with Crippen LogP contribution in [0.15, 0.2) is 0 Å². The summed E-state index contributed by atoms with van der Waals surface area (Å²) in [5.41, 5.74) is 0. The summed E-state index contributed by atoms with van der Waals surface area (Å²) < 4.78 is 5.49. The third-order valence-electron chi connectivity index (χ3n) is 2.35. The Morgan fingerprint density at radius 2 is 2.46 bits per heavy atom. The summed E-state index contributed by atoms with van der Waals surface area (Å²) in [4.78, 5) is 0. The van der Waals surface area contributed by atoms with E-state index >= 15 is 0 Å². The maximum Gasteiger partial charge on any atom is 0.0700 e. The molecule has 2 nitrogen and oxygen atoms in total. The highest BCUT2D eigenvalue weighted by Crippen LogP contribution is 2.10. The fourth-order valence-electron chi connectivity index (χ4n) is 1.58. The van der Waals surface area contributed by atoms with Gasteiger partial charge in [-0.2, -0.15) is 0 Å². The van der Waals surface area contributed by atoms with Crippen molar-refractivity contribution in [1.29, 1.82) is 0 Å². The second kappa shape index (κ2) is 6.63. The molecule has 1 aliphatic rings. The fourth-order valence-corrected chi connectivity index (χ4v) is 1.73. The summed E-state index contributed by atoms with van der Waals surface area (Å²) in [5, 5.41) is 3.71. The molecule has 1 N–H and O–H groups in total. The molecular formula is C10H20ClNO. The molecule has 13 heavy (non-hydrogen) atoms. The van der Waals surface area contributed by atoms with Crippen LogP contribution in [0.1, 0.15) is 32.6 Å². The normalized spacial score (nSPS) is 24.9. The zero-order valence-corrected chi connectivity index (χ0v) is 9.15. The molecule has 0 aromatic heterocycles. The maximum absolute atomic E-state index is 5.83. The van der Waals surface area contributed by atoms with Crippen molar-refractivity contribution < 1.29 is 4.74 Å². The summed E-state index contributed by atoms with van der Waals surface area (Å²) in [6.07, 6.45) is 5.18. The minimum absolute atomic E-state index is 0.310. The Morgan fingerprint density at radius 3 is 3.08 bits per heavy atom.